The number of benzene rings is 2. The van der Waals surface area contributed by atoms with Gasteiger partial charge in [0.1, 0.15) is 17.7 Å². The summed E-state index contributed by atoms with van der Waals surface area (Å²) in [5.74, 6) is 1.36. The number of ether oxygens (including phenoxy) is 2. The molecule has 0 bridgehead atoms. The number of carbonyl (C=O) groups excluding carboxylic acids is 2. The predicted molar refractivity (Wildman–Crippen MR) is 171 cm³/mol. The Morgan fingerprint density at radius 3 is 2.57 bits per heavy atom. The quantitative estimate of drug-likeness (QED) is 0.306. The maximum atomic E-state index is 13.7. The summed E-state index contributed by atoms with van der Waals surface area (Å²) in [7, 11) is 1.60. The molecule has 4 aliphatic rings. The van der Waals surface area contributed by atoms with E-state index in [-0.39, 0.29) is 29.8 Å². The molecule has 236 valence electrons. The topological polar surface area (TPSA) is 92.0 Å². The van der Waals surface area contributed by atoms with E-state index in [0.29, 0.717) is 53.4 Å². The third-order valence-electron chi connectivity index (χ3n) is 9.79. The molecule has 1 atom stereocenters. The minimum Gasteiger partial charge on any atom is -0.493 e. The molecule has 2 amide bonds. The van der Waals surface area contributed by atoms with Gasteiger partial charge in [0.2, 0.25) is 0 Å². The Bertz CT molecular complexity index is 1840. The molecule has 2 aromatic heterocycles. The van der Waals surface area contributed by atoms with Crippen molar-refractivity contribution in [3.8, 4) is 22.9 Å². The number of fused-ring (bicyclic) bond motifs is 3. The van der Waals surface area contributed by atoms with E-state index in [1.165, 1.54) is 12.1 Å². The molecule has 11 heteroatoms. The lowest BCUT2D eigenvalue weighted by Crippen LogP contribution is -2.57. The summed E-state index contributed by atoms with van der Waals surface area (Å²) >= 11 is 0. The summed E-state index contributed by atoms with van der Waals surface area (Å²) in [5, 5.41) is 0. The van der Waals surface area contributed by atoms with Crippen molar-refractivity contribution in [3.05, 3.63) is 77.9 Å². The Labute approximate surface area is 266 Å². The molecule has 10 nitrogen and oxygen atoms in total. The van der Waals surface area contributed by atoms with Gasteiger partial charge in [0.25, 0.3) is 11.8 Å². The first kappa shape index (κ1) is 28.7. The van der Waals surface area contributed by atoms with Crippen LogP contribution >= 0.6 is 0 Å². The minimum absolute atomic E-state index is 0.00408. The molecule has 1 saturated carbocycles. The Morgan fingerprint density at radius 2 is 1.78 bits per heavy atom. The number of aromatic nitrogens is 2. The summed E-state index contributed by atoms with van der Waals surface area (Å²) in [4.78, 5) is 42.5. The number of amides is 2. The van der Waals surface area contributed by atoms with Crippen LogP contribution in [0.25, 0.3) is 16.9 Å². The van der Waals surface area contributed by atoms with Crippen LogP contribution in [0, 0.1) is 5.82 Å². The lowest BCUT2D eigenvalue weighted by atomic mass is 9.87. The summed E-state index contributed by atoms with van der Waals surface area (Å²) in [6, 6.07) is 15.9. The van der Waals surface area contributed by atoms with Gasteiger partial charge in [0, 0.05) is 75.6 Å². The molecule has 46 heavy (non-hydrogen) atoms. The average molecular weight is 623 g/mol. The highest BCUT2D eigenvalue weighted by atomic mass is 19.1. The number of nitrogens with zero attached hydrogens (tertiary/aromatic N) is 6. The van der Waals surface area contributed by atoms with Crippen molar-refractivity contribution < 1.29 is 23.5 Å². The fourth-order valence-corrected chi connectivity index (χ4v) is 7.15. The Kier molecular flexibility index (Phi) is 7.20. The highest BCUT2D eigenvalue weighted by Gasteiger charge is 2.39. The molecule has 0 spiro atoms. The molecular weight excluding hydrogens is 587 g/mol. The van der Waals surface area contributed by atoms with Crippen molar-refractivity contribution in [3.63, 3.8) is 0 Å². The van der Waals surface area contributed by atoms with Crippen LogP contribution in [0.15, 0.2) is 65.8 Å². The van der Waals surface area contributed by atoms with E-state index in [9.17, 15) is 14.0 Å². The van der Waals surface area contributed by atoms with Crippen LogP contribution in [-0.4, -0.2) is 100 Å². The second-order valence-electron chi connectivity index (χ2n) is 12.4. The lowest BCUT2D eigenvalue weighted by Gasteiger charge is -2.46. The van der Waals surface area contributed by atoms with Gasteiger partial charge in [-0.05, 0) is 55.3 Å². The molecule has 4 aromatic rings. The molecule has 8 rings (SSSR count). The number of hydrogen-bond donors (Lipinski definition) is 0. The van der Waals surface area contributed by atoms with Gasteiger partial charge in [-0.2, -0.15) is 0 Å². The highest BCUT2D eigenvalue weighted by Crippen LogP contribution is 2.41. The first-order valence-corrected chi connectivity index (χ1v) is 16.0. The van der Waals surface area contributed by atoms with E-state index < -0.39 is 0 Å². The average Bonchev–Trinajstić information content (AvgIpc) is 3.67. The number of hydrogen-bond acceptors (Lipinski definition) is 7. The first-order chi connectivity index (χ1) is 22.5. The number of halogens is 1. The predicted octanol–water partition coefficient (Wildman–Crippen LogP) is 4.84. The van der Waals surface area contributed by atoms with Crippen molar-refractivity contribution in [1.29, 1.82) is 0 Å². The van der Waals surface area contributed by atoms with E-state index in [0.717, 1.165) is 56.4 Å². The molecule has 2 saturated heterocycles. The number of methoxy groups -OCH3 is 1. The number of rotatable bonds is 6. The number of imidazole rings is 1. The molecule has 5 heterocycles. The van der Waals surface area contributed by atoms with Crippen LogP contribution in [0.2, 0.25) is 0 Å². The van der Waals surface area contributed by atoms with Gasteiger partial charge >= 0.3 is 0 Å². The third kappa shape index (κ3) is 4.99. The van der Waals surface area contributed by atoms with Crippen molar-refractivity contribution >= 4 is 29.2 Å². The third-order valence-corrected chi connectivity index (χ3v) is 9.79. The van der Waals surface area contributed by atoms with Crippen LogP contribution < -0.4 is 9.47 Å². The Hall–Kier alpha value is -4.77. The zero-order valence-corrected chi connectivity index (χ0v) is 25.6. The molecular formula is C35H35FN6O4. The number of carbonyl (C=O) groups is 2. The van der Waals surface area contributed by atoms with Gasteiger partial charge < -0.3 is 19.3 Å². The second-order valence-corrected chi connectivity index (χ2v) is 12.4. The van der Waals surface area contributed by atoms with Crippen molar-refractivity contribution in [2.45, 2.75) is 43.9 Å². The lowest BCUT2D eigenvalue weighted by molar-refractivity contribution is -0.00481. The minimum atomic E-state index is -0.315. The number of pyridine rings is 1. The van der Waals surface area contributed by atoms with Gasteiger partial charge in [0.15, 0.2) is 17.2 Å². The fourth-order valence-electron chi connectivity index (χ4n) is 7.15. The summed E-state index contributed by atoms with van der Waals surface area (Å²) < 4.78 is 27.5. The molecule has 1 aliphatic carbocycles. The number of piperazine rings is 1. The monoisotopic (exact) mass is 622 g/mol. The van der Waals surface area contributed by atoms with Gasteiger partial charge in [-0.25, -0.2) is 9.37 Å². The standard InChI is InChI=1S/C35H35FN6O4/c1-45-30-19-27-28(37-21-24-5-4-12-41(24)34(27)43)20-31(30)46-26-17-25(18-26)39-13-15-40(16-14-39)35(44)32-29-6-2-3-11-42(29)33(38-32)22-7-9-23(36)10-8-22/h2-3,6-11,19-21,24-26H,4-5,12-18H2,1H3/t24-,25?,26?/m0/s1. The van der Waals surface area contributed by atoms with E-state index in [4.69, 9.17) is 14.5 Å². The molecule has 3 fully saturated rings. The zero-order valence-electron chi connectivity index (χ0n) is 25.6. The maximum absolute atomic E-state index is 13.7. The summed E-state index contributed by atoms with van der Waals surface area (Å²) in [6.45, 7) is 3.52. The second kappa shape index (κ2) is 11.5. The summed E-state index contributed by atoms with van der Waals surface area (Å²) in [6.07, 6.45) is 7.47. The van der Waals surface area contributed by atoms with E-state index >= 15 is 0 Å². The fraction of sp³-hybridized carbons (Fsp3) is 0.371. The SMILES string of the molecule is COc1cc2c(cc1OC1CC(N3CCN(C(=O)c4nc(-c5ccc(F)cc5)n5ccccc45)CC3)C1)N=C[C@@H]1CCCN1C2=O. The van der Waals surface area contributed by atoms with Gasteiger partial charge in [-0.1, -0.05) is 6.07 Å². The van der Waals surface area contributed by atoms with Crippen LogP contribution in [0.5, 0.6) is 11.5 Å². The summed E-state index contributed by atoms with van der Waals surface area (Å²) in [5.41, 5.74) is 3.07. The Balaban J connectivity index is 0.901. The zero-order chi connectivity index (χ0) is 31.4. The molecule has 0 N–H and O–H groups in total. The molecule has 2 aromatic carbocycles. The highest BCUT2D eigenvalue weighted by molar-refractivity contribution is 6.03. The smallest absolute Gasteiger partial charge is 0.274 e. The number of aliphatic imine (C=N–C) groups is 1. The van der Waals surface area contributed by atoms with E-state index in [1.807, 2.05) is 50.9 Å². The van der Waals surface area contributed by atoms with E-state index in [2.05, 4.69) is 9.89 Å². The van der Waals surface area contributed by atoms with Crippen LogP contribution in [0.3, 0.4) is 0 Å². The molecule has 3 aliphatic heterocycles. The van der Waals surface area contributed by atoms with Crippen molar-refractivity contribution in [2.75, 3.05) is 39.8 Å². The molecule has 0 radical (unpaired) electrons. The normalized spacial score (nSPS) is 22.7. The van der Waals surface area contributed by atoms with Crippen LogP contribution in [0.1, 0.15) is 46.5 Å². The van der Waals surface area contributed by atoms with Gasteiger partial charge in [-0.15, -0.1) is 0 Å². The molecule has 0 unspecified atom stereocenters. The first-order valence-electron chi connectivity index (χ1n) is 16.0. The largest absolute Gasteiger partial charge is 0.493 e. The van der Waals surface area contributed by atoms with Crippen molar-refractivity contribution in [2.24, 2.45) is 4.99 Å². The van der Waals surface area contributed by atoms with E-state index in [1.54, 1.807) is 25.3 Å². The Morgan fingerprint density at radius 1 is 0.978 bits per heavy atom. The van der Waals surface area contributed by atoms with Crippen LogP contribution in [0.4, 0.5) is 10.1 Å². The van der Waals surface area contributed by atoms with Crippen molar-refractivity contribution in [1.82, 2.24) is 24.1 Å². The van der Waals surface area contributed by atoms with Crippen LogP contribution in [-0.2, 0) is 0 Å². The van der Waals surface area contributed by atoms with Gasteiger partial charge in [0.05, 0.1) is 29.9 Å². The van der Waals surface area contributed by atoms with Gasteiger partial charge in [-0.3, -0.25) is 23.9 Å². The maximum Gasteiger partial charge on any atom is 0.274 e.